The van der Waals surface area contributed by atoms with Crippen LogP contribution in [0.5, 0.6) is 0 Å². The average Bonchev–Trinajstić information content (AvgIpc) is 2.87. The largest absolute Gasteiger partial charge is 0.355 e. The zero-order valence-electron chi connectivity index (χ0n) is 11.5. The highest BCUT2D eigenvalue weighted by atomic mass is 16.5. The molecule has 0 spiro atoms. The summed E-state index contributed by atoms with van der Waals surface area (Å²) in [4.78, 5) is 13.7. The van der Waals surface area contributed by atoms with Gasteiger partial charge in [-0.05, 0) is 19.4 Å². The maximum Gasteiger partial charge on any atom is 0.275 e. The zero-order chi connectivity index (χ0) is 13.8. The monoisotopic (exact) mass is 258 g/mol. The van der Waals surface area contributed by atoms with Gasteiger partial charge in [0.1, 0.15) is 0 Å². The minimum Gasteiger partial charge on any atom is -0.355 e. The van der Waals surface area contributed by atoms with Gasteiger partial charge in [0, 0.05) is 25.2 Å². The minimum absolute atomic E-state index is 0.107. The summed E-state index contributed by atoms with van der Waals surface area (Å²) in [7, 11) is 1.77. The Morgan fingerprint density at radius 1 is 1.37 bits per heavy atom. The molecule has 0 aliphatic heterocycles. The molecule has 0 radical (unpaired) electrons. The summed E-state index contributed by atoms with van der Waals surface area (Å²) in [5.41, 5.74) is 2.43. The molecule has 0 atom stereocenters. The van der Waals surface area contributed by atoms with Gasteiger partial charge in [0.05, 0.1) is 0 Å². The van der Waals surface area contributed by atoms with Crippen LogP contribution in [0, 0.1) is 6.92 Å². The van der Waals surface area contributed by atoms with Crippen molar-refractivity contribution in [1.29, 1.82) is 0 Å². The van der Waals surface area contributed by atoms with Crippen LogP contribution in [0.1, 0.15) is 29.4 Å². The first kappa shape index (κ1) is 13.3. The van der Waals surface area contributed by atoms with E-state index in [1.807, 2.05) is 38.1 Å². The van der Waals surface area contributed by atoms with Crippen LogP contribution in [0.3, 0.4) is 0 Å². The van der Waals surface area contributed by atoms with Crippen molar-refractivity contribution in [2.75, 3.05) is 13.6 Å². The number of benzene rings is 1. The van der Waals surface area contributed by atoms with Gasteiger partial charge < -0.3 is 9.42 Å². The van der Waals surface area contributed by atoms with Crippen molar-refractivity contribution in [2.45, 2.75) is 20.3 Å². The van der Waals surface area contributed by atoms with Gasteiger partial charge in [0.2, 0.25) is 0 Å². The number of amides is 1. The van der Waals surface area contributed by atoms with Crippen molar-refractivity contribution in [2.24, 2.45) is 0 Å². The molecule has 0 fully saturated rings. The second-order valence-electron chi connectivity index (χ2n) is 4.67. The summed E-state index contributed by atoms with van der Waals surface area (Å²) in [6.45, 7) is 4.76. The van der Waals surface area contributed by atoms with E-state index in [-0.39, 0.29) is 5.91 Å². The van der Waals surface area contributed by atoms with Gasteiger partial charge in [-0.2, -0.15) is 0 Å². The molecule has 0 saturated carbocycles. The highest BCUT2D eigenvalue weighted by molar-refractivity contribution is 5.92. The minimum atomic E-state index is -0.107. The number of rotatable bonds is 4. The molecule has 0 unspecified atom stereocenters. The Morgan fingerprint density at radius 3 is 2.84 bits per heavy atom. The lowest BCUT2D eigenvalue weighted by Crippen LogP contribution is -2.27. The van der Waals surface area contributed by atoms with E-state index in [4.69, 9.17) is 4.52 Å². The molecule has 4 heteroatoms. The molecule has 100 valence electrons. The van der Waals surface area contributed by atoms with Gasteiger partial charge in [-0.25, -0.2) is 0 Å². The third-order valence-corrected chi connectivity index (χ3v) is 2.94. The highest BCUT2D eigenvalue weighted by Gasteiger charge is 2.16. The second kappa shape index (κ2) is 5.69. The maximum atomic E-state index is 12.0. The summed E-state index contributed by atoms with van der Waals surface area (Å²) >= 11 is 0. The van der Waals surface area contributed by atoms with Gasteiger partial charge in [0.15, 0.2) is 11.5 Å². The molecular weight excluding hydrogens is 240 g/mol. The van der Waals surface area contributed by atoms with Crippen LogP contribution in [0.2, 0.25) is 0 Å². The average molecular weight is 258 g/mol. The van der Waals surface area contributed by atoms with Crippen LogP contribution in [0.4, 0.5) is 0 Å². The molecule has 0 aliphatic rings. The molecule has 2 rings (SSSR count). The highest BCUT2D eigenvalue weighted by Crippen LogP contribution is 2.21. The molecule has 2 aromatic rings. The smallest absolute Gasteiger partial charge is 0.275 e. The fraction of sp³-hybridized carbons (Fsp3) is 0.333. The van der Waals surface area contributed by atoms with Crippen molar-refractivity contribution >= 4 is 5.91 Å². The van der Waals surface area contributed by atoms with Crippen LogP contribution in [-0.2, 0) is 0 Å². The number of hydrogen-bond acceptors (Lipinski definition) is 3. The van der Waals surface area contributed by atoms with E-state index in [9.17, 15) is 4.79 Å². The SMILES string of the molecule is CCCN(C)C(=O)c1cc(-c2cccc(C)c2)on1. The third-order valence-electron chi connectivity index (χ3n) is 2.94. The van der Waals surface area contributed by atoms with Crippen molar-refractivity contribution in [3.05, 3.63) is 41.6 Å². The Kier molecular flexibility index (Phi) is 4.00. The molecule has 1 amide bonds. The molecule has 0 bridgehead atoms. The van der Waals surface area contributed by atoms with E-state index in [0.717, 1.165) is 17.5 Å². The fourth-order valence-corrected chi connectivity index (χ4v) is 1.94. The van der Waals surface area contributed by atoms with E-state index in [2.05, 4.69) is 5.16 Å². The number of hydrogen-bond donors (Lipinski definition) is 0. The topological polar surface area (TPSA) is 46.3 Å². The van der Waals surface area contributed by atoms with E-state index in [0.29, 0.717) is 18.0 Å². The lowest BCUT2D eigenvalue weighted by Gasteiger charge is -2.13. The maximum absolute atomic E-state index is 12.0. The van der Waals surface area contributed by atoms with Crippen LogP contribution in [0.15, 0.2) is 34.9 Å². The summed E-state index contributed by atoms with van der Waals surface area (Å²) in [5, 5.41) is 3.86. The molecule has 19 heavy (non-hydrogen) atoms. The lowest BCUT2D eigenvalue weighted by molar-refractivity contribution is 0.0785. The Bertz CT molecular complexity index is 575. The van der Waals surface area contributed by atoms with E-state index in [1.54, 1.807) is 18.0 Å². The predicted octanol–water partition coefficient (Wildman–Crippen LogP) is 3.13. The van der Waals surface area contributed by atoms with Gasteiger partial charge in [0.25, 0.3) is 5.91 Å². The number of aromatic nitrogens is 1. The van der Waals surface area contributed by atoms with Gasteiger partial charge >= 0.3 is 0 Å². The number of nitrogens with zero attached hydrogens (tertiary/aromatic N) is 2. The van der Waals surface area contributed by atoms with Crippen LogP contribution >= 0.6 is 0 Å². The van der Waals surface area contributed by atoms with Gasteiger partial charge in [-0.3, -0.25) is 4.79 Å². The summed E-state index contributed by atoms with van der Waals surface area (Å²) < 4.78 is 5.26. The molecule has 0 N–H and O–H groups in total. The summed E-state index contributed by atoms with van der Waals surface area (Å²) in [5.74, 6) is 0.515. The molecule has 0 aliphatic carbocycles. The lowest BCUT2D eigenvalue weighted by atomic mass is 10.1. The molecule has 1 aromatic heterocycles. The Balaban J connectivity index is 2.22. The predicted molar refractivity (Wildman–Crippen MR) is 73.9 cm³/mol. The summed E-state index contributed by atoms with van der Waals surface area (Å²) in [6.07, 6.45) is 0.921. The first-order valence-electron chi connectivity index (χ1n) is 6.41. The number of carbonyl (C=O) groups excluding carboxylic acids is 1. The second-order valence-corrected chi connectivity index (χ2v) is 4.67. The van der Waals surface area contributed by atoms with Crippen molar-refractivity contribution < 1.29 is 9.32 Å². The molecule has 0 saturated heterocycles. The summed E-state index contributed by atoms with van der Waals surface area (Å²) in [6, 6.07) is 9.62. The Morgan fingerprint density at radius 2 is 2.16 bits per heavy atom. The van der Waals surface area contributed by atoms with Crippen molar-refractivity contribution in [3.8, 4) is 11.3 Å². The molecule has 1 aromatic carbocycles. The van der Waals surface area contributed by atoms with Crippen LogP contribution in [0.25, 0.3) is 11.3 Å². The third kappa shape index (κ3) is 3.02. The molecular formula is C15H18N2O2. The number of aryl methyl sites for hydroxylation is 1. The van der Waals surface area contributed by atoms with E-state index in [1.165, 1.54) is 0 Å². The van der Waals surface area contributed by atoms with Crippen LogP contribution < -0.4 is 0 Å². The number of carbonyl (C=O) groups is 1. The fourth-order valence-electron chi connectivity index (χ4n) is 1.94. The van der Waals surface area contributed by atoms with Gasteiger partial charge in [-0.1, -0.05) is 35.8 Å². The quantitative estimate of drug-likeness (QED) is 0.846. The van der Waals surface area contributed by atoms with Crippen LogP contribution in [-0.4, -0.2) is 29.6 Å². The van der Waals surface area contributed by atoms with Crippen molar-refractivity contribution in [3.63, 3.8) is 0 Å². The standard InChI is InChI=1S/C15H18N2O2/c1-4-8-17(3)15(18)13-10-14(19-16-13)12-7-5-6-11(2)9-12/h5-7,9-10H,4,8H2,1-3H3. The zero-order valence-corrected chi connectivity index (χ0v) is 11.5. The normalized spacial score (nSPS) is 10.5. The molecule has 1 heterocycles. The Hall–Kier alpha value is -2.10. The Labute approximate surface area is 113 Å². The first-order valence-corrected chi connectivity index (χ1v) is 6.41. The van der Waals surface area contributed by atoms with Gasteiger partial charge in [-0.15, -0.1) is 0 Å². The molecule has 4 nitrogen and oxygen atoms in total. The van der Waals surface area contributed by atoms with E-state index >= 15 is 0 Å². The first-order chi connectivity index (χ1) is 9.11. The van der Waals surface area contributed by atoms with E-state index < -0.39 is 0 Å². The van der Waals surface area contributed by atoms with Crippen molar-refractivity contribution in [1.82, 2.24) is 10.1 Å².